The molecule has 3 aromatic rings. The van der Waals surface area contributed by atoms with Crippen molar-refractivity contribution in [1.82, 2.24) is 9.97 Å². The predicted octanol–water partition coefficient (Wildman–Crippen LogP) is 3.29. The monoisotopic (exact) mass is 279 g/mol. The average molecular weight is 279 g/mol. The molecule has 1 N–H and O–H groups in total. The SMILES string of the molecule is COc1ccc(CCNc2cnc3ccccc3n2)cc1. The average Bonchev–Trinajstić information content (AvgIpc) is 2.55. The topological polar surface area (TPSA) is 47.0 Å². The van der Waals surface area contributed by atoms with Crippen molar-refractivity contribution in [2.45, 2.75) is 6.42 Å². The lowest BCUT2D eigenvalue weighted by molar-refractivity contribution is 0.414. The first-order valence-electron chi connectivity index (χ1n) is 6.94. The molecule has 3 rings (SSSR count). The van der Waals surface area contributed by atoms with E-state index in [1.165, 1.54) is 5.56 Å². The first kappa shape index (κ1) is 13.4. The number of nitrogens with zero attached hydrogens (tertiary/aromatic N) is 2. The Labute approximate surface area is 123 Å². The van der Waals surface area contributed by atoms with Gasteiger partial charge in [-0.25, -0.2) is 4.98 Å². The molecule has 0 radical (unpaired) electrons. The van der Waals surface area contributed by atoms with Crippen LogP contribution >= 0.6 is 0 Å². The van der Waals surface area contributed by atoms with Crippen LogP contribution in [0, 0.1) is 0 Å². The van der Waals surface area contributed by atoms with Gasteiger partial charge < -0.3 is 10.1 Å². The second-order valence-corrected chi connectivity index (χ2v) is 4.77. The Bertz CT molecular complexity index is 725. The molecule has 4 heteroatoms. The number of nitrogens with one attached hydrogen (secondary N) is 1. The van der Waals surface area contributed by atoms with Crippen LogP contribution in [0.5, 0.6) is 5.75 Å². The zero-order valence-electron chi connectivity index (χ0n) is 11.9. The number of aromatic nitrogens is 2. The molecule has 0 aliphatic heterocycles. The number of anilines is 1. The summed E-state index contributed by atoms with van der Waals surface area (Å²) in [7, 11) is 1.68. The van der Waals surface area contributed by atoms with Crippen molar-refractivity contribution >= 4 is 16.9 Å². The van der Waals surface area contributed by atoms with Crippen LogP contribution < -0.4 is 10.1 Å². The van der Waals surface area contributed by atoms with Crippen molar-refractivity contribution in [3.05, 3.63) is 60.3 Å². The molecule has 0 atom stereocenters. The quantitative estimate of drug-likeness (QED) is 0.778. The van der Waals surface area contributed by atoms with Crippen LogP contribution in [0.25, 0.3) is 11.0 Å². The minimum Gasteiger partial charge on any atom is -0.497 e. The zero-order chi connectivity index (χ0) is 14.5. The van der Waals surface area contributed by atoms with Crippen LogP contribution in [0.1, 0.15) is 5.56 Å². The highest BCUT2D eigenvalue weighted by molar-refractivity contribution is 5.75. The third kappa shape index (κ3) is 3.28. The maximum atomic E-state index is 5.15. The summed E-state index contributed by atoms with van der Waals surface area (Å²) < 4.78 is 5.15. The van der Waals surface area contributed by atoms with Crippen LogP contribution in [-0.4, -0.2) is 23.6 Å². The molecule has 0 saturated carbocycles. The number of benzene rings is 2. The number of methoxy groups -OCH3 is 1. The fraction of sp³-hybridized carbons (Fsp3) is 0.176. The van der Waals surface area contributed by atoms with E-state index >= 15 is 0 Å². The van der Waals surface area contributed by atoms with Gasteiger partial charge in [0.25, 0.3) is 0 Å². The van der Waals surface area contributed by atoms with Gasteiger partial charge in [0.15, 0.2) is 0 Å². The summed E-state index contributed by atoms with van der Waals surface area (Å²) in [5, 5.41) is 3.31. The minimum absolute atomic E-state index is 0.808. The third-order valence-corrected chi connectivity index (χ3v) is 3.33. The maximum absolute atomic E-state index is 5.15. The molecule has 1 aromatic heterocycles. The van der Waals surface area contributed by atoms with E-state index in [2.05, 4.69) is 27.4 Å². The molecule has 0 amide bonds. The van der Waals surface area contributed by atoms with Crippen molar-refractivity contribution in [3.8, 4) is 5.75 Å². The van der Waals surface area contributed by atoms with Crippen molar-refractivity contribution < 1.29 is 4.74 Å². The summed E-state index contributed by atoms with van der Waals surface area (Å²) in [6.45, 7) is 0.819. The Hall–Kier alpha value is -2.62. The van der Waals surface area contributed by atoms with Crippen LogP contribution in [0.15, 0.2) is 54.7 Å². The molecule has 0 aliphatic rings. The van der Waals surface area contributed by atoms with Gasteiger partial charge in [0.05, 0.1) is 24.3 Å². The van der Waals surface area contributed by atoms with Gasteiger partial charge in [-0.1, -0.05) is 24.3 Å². The molecule has 21 heavy (non-hydrogen) atoms. The molecular weight excluding hydrogens is 262 g/mol. The van der Waals surface area contributed by atoms with Crippen LogP contribution in [-0.2, 0) is 6.42 Å². The van der Waals surface area contributed by atoms with Gasteiger partial charge in [0, 0.05) is 6.54 Å². The van der Waals surface area contributed by atoms with E-state index in [9.17, 15) is 0 Å². The highest BCUT2D eigenvalue weighted by Crippen LogP contribution is 2.13. The number of fused-ring (bicyclic) bond motifs is 1. The first-order chi connectivity index (χ1) is 10.3. The van der Waals surface area contributed by atoms with Crippen LogP contribution in [0.2, 0.25) is 0 Å². The van der Waals surface area contributed by atoms with Gasteiger partial charge in [-0.05, 0) is 36.2 Å². The number of hydrogen-bond acceptors (Lipinski definition) is 4. The summed E-state index contributed by atoms with van der Waals surface area (Å²) in [5.41, 5.74) is 3.09. The van der Waals surface area contributed by atoms with E-state index < -0.39 is 0 Å². The van der Waals surface area contributed by atoms with Crippen LogP contribution in [0.3, 0.4) is 0 Å². The number of rotatable bonds is 5. The van der Waals surface area contributed by atoms with Crippen molar-refractivity contribution in [3.63, 3.8) is 0 Å². The maximum Gasteiger partial charge on any atom is 0.145 e. The van der Waals surface area contributed by atoms with E-state index in [0.29, 0.717) is 0 Å². The van der Waals surface area contributed by atoms with E-state index in [1.54, 1.807) is 13.3 Å². The zero-order valence-corrected chi connectivity index (χ0v) is 11.9. The lowest BCUT2D eigenvalue weighted by Crippen LogP contribution is -2.06. The summed E-state index contributed by atoms with van der Waals surface area (Å²) in [6, 6.07) is 16.0. The molecule has 0 bridgehead atoms. The number of ether oxygens (including phenoxy) is 1. The molecule has 106 valence electrons. The second kappa shape index (κ2) is 6.22. The minimum atomic E-state index is 0.808. The lowest BCUT2D eigenvalue weighted by Gasteiger charge is -2.07. The van der Waals surface area contributed by atoms with Gasteiger partial charge in [0.1, 0.15) is 11.6 Å². The predicted molar refractivity (Wildman–Crippen MR) is 84.7 cm³/mol. The fourth-order valence-corrected chi connectivity index (χ4v) is 2.17. The molecule has 0 unspecified atom stereocenters. The first-order valence-corrected chi connectivity index (χ1v) is 6.94. The van der Waals surface area contributed by atoms with Crippen LogP contribution in [0.4, 0.5) is 5.82 Å². The standard InChI is InChI=1S/C17H17N3O/c1-21-14-8-6-13(7-9-14)10-11-18-17-12-19-15-4-2-3-5-16(15)20-17/h2-9,12H,10-11H2,1H3,(H,18,20). The van der Waals surface area contributed by atoms with E-state index in [1.807, 2.05) is 36.4 Å². The largest absolute Gasteiger partial charge is 0.497 e. The summed E-state index contributed by atoms with van der Waals surface area (Å²) in [6.07, 6.45) is 2.70. The smallest absolute Gasteiger partial charge is 0.145 e. The van der Waals surface area contributed by atoms with Crippen molar-refractivity contribution in [2.75, 3.05) is 19.0 Å². The van der Waals surface area contributed by atoms with E-state index in [0.717, 1.165) is 35.6 Å². The summed E-state index contributed by atoms with van der Waals surface area (Å²) >= 11 is 0. The Balaban J connectivity index is 1.60. The Morgan fingerprint density at radius 3 is 2.52 bits per heavy atom. The van der Waals surface area contributed by atoms with E-state index in [4.69, 9.17) is 4.74 Å². The molecule has 0 aliphatic carbocycles. The number of hydrogen-bond donors (Lipinski definition) is 1. The molecule has 0 spiro atoms. The number of para-hydroxylation sites is 2. The highest BCUT2D eigenvalue weighted by atomic mass is 16.5. The molecule has 4 nitrogen and oxygen atoms in total. The lowest BCUT2D eigenvalue weighted by atomic mass is 10.1. The molecule has 1 heterocycles. The van der Waals surface area contributed by atoms with Gasteiger partial charge in [-0.15, -0.1) is 0 Å². The Morgan fingerprint density at radius 2 is 1.76 bits per heavy atom. The van der Waals surface area contributed by atoms with E-state index in [-0.39, 0.29) is 0 Å². The molecule has 0 fully saturated rings. The Kier molecular flexibility index (Phi) is 3.96. The molecule has 2 aromatic carbocycles. The van der Waals surface area contributed by atoms with Crippen molar-refractivity contribution in [1.29, 1.82) is 0 Å². The fourth-order valence-electron chi connectivity index (χ4n) is 2.17. The normalized spacial score (nSPS) is 10.5. The Morgan fingerprint density at radius 1 is 1.00 bits per heavy atom. The summed E-state index contributed by atoms with van der Waals surface area (Å²) in [4.78, 5) is 8.93. The van der Waals surface area contributed by atoms with Gasteiger partial charge in [-0.3, -0.25) is 4.98 Å². The van der Waals surface area contributed by atoms with Gasteiger partial charge in [-0.2, -0.15) is 0 Å². The van der Waals surface area contributed by atoms with Crippen molar-refractivity contribution in [2.24, 2.45) is 0 Å². The summed E-state index contributed by atoms with van der Waals surface area (Å²) in [5.74, 6) is 1.69. The van der Waals surface area contributed by atoms with Gasteiger partial charge in [0.2, 0.25) is 0 Å². The van der Waals surface area contributed by atoms with Gasteiger partial charge >= 0.3 is 0 Å². The second-order valence-electron chi connectivity index (χ2n) is 4.77. The highest BCUT2D eigenvalue weighted by Gasteiger charge is 1.99. The molecule has 0 saturated heterocycles. The third-order valence-electron chi connectivity index (χ3n) is 3.33. The molecular formula is C17H17N3O.